The van der Waals surface area contributed by atoms with Gasteiger partial charge in [-0.1, -0.05) is 54.1 Å². The summed E-state index contributed by atoms with van der Waals surface area (Å²) in [6.45, 7) is 3.52. The van der Waals surface area contributed by atoms with Crippen LogP contribution in [-0.2, 0) is 9.53 Å². The third-order valence-electron chi connectivity index (χ3n) is 4.46. The van der Waals surface area contributed by atoms with Crippen LogP contribution < -0.4 is 5.32 Å². The number of esters is 1. The van der Waals surface area contributed by atoms with Crippen LogP contribution in [0.1, 0.15) is 33.2 Å². The first-order valence-corrected chi connectivity index (χ1v) is 9.02. The highest BCUT2D eigenvalue weighted by molar-refractivity contribution is 5.99. The average molecular weight is 391 g/mol. The summed E-state index contributed by atoms with van der Waals surface area (Å²) in [6, 6.07) is 18.6. The molecule has 3 aromatic carbocycles. The van der Waals surface area contributed by atoms with Crippen LogP contribution >= 0.6 is 0 Å². The fourth-order valence-electron chi connectivity index (χ4n) is 2.76. The summed E-state index contributed by atoms with van der Waals surface area (Å²) in [4.78, 5) is 25.5. The van der Waals surface area contributed by atoms with E-state index in [1.165, 1.54) is 12.1 Å². The summed E-state index contributed by atoms with van der Waals surface area (Å²) < 4.78 is 5.43. The fraction of sp³-hybridized carbons (Fsp3) is 0.130. The molecular formula is C23H21NO5. The van der Waals surface area contributed by atoms with Crippen LogP contribution in [0.4, 0.5) is 5.69 Å². The van der Waals surface area contributed by atoms with Crippen molar-refractivity contribution in [3.63, 3.8) is 0 Å². The quantitative estimate of drug-likeness (QED) is 0.446. The molecule has 0 aliphatic heterocycles. The van der Waals surface area contributed by atoms with Gasteiger partial charge in [0.1, 0.15) is 5.56 Å². The Morgan fingerprint density at radius 3 is 2.17 bits per heavy atom. The monoisotopic (exact) mass is 391 g/mol. The van der Waals surface area contributed by atoms with Crippen LogP contribution in [0.2, 0.25) is 0 Å². The lowest BCUT2D eigenvalue weighted by Crippen LogP contribution is -2.26. The first-order chi connectivity index (χ1) is 13.9. The molecule has 0 saturated carbocycles. The molecule has 3 aromatic rings. The number of amides is 1. The number of carbonyl (C=O) groups excluding carboxylic acids is 2. The second kappa shape index (κ2) is 8.48. The van der Waals surface area contributed by atoms with E-state index >= 15 is 0 Å². The number of phenols is 2. The first-order valence-electron chi connectivity index (χ1n) is 9.02. The number of benzene rings is 3. The van der Waals surface area contributed by atoms with Crippen LogP contribution in [0.3, 0.4) is 0 Å². The van der Waals surface area contributed by atoms with Crippen LogP contribution in [-0.4, -0.2) is 22.1 Å². The Morgan fingerprint density at radius 1 is 0.862 bits per heavy atom. The molecule has 0 saturated heterocycles. The summed E-state index contributed by atoms with van der Waals surface area (Å²) in [5, 5.41) is 22.7. The molecule has 6 nitrogen and oxygen atoms in total. The van der Waals surface area contributed by atoms with E-state index in [0.717, 1.165) is 5.56 Å². The topological polar surface area (TPSA) is 95.9 Å². The van der Waals surface area contributed by atoms with Crippen molar-refractivity contribution in [2.24, 2.45) is 0 Å². The van der Waals surface area contributed by atoms with E-state index in [4.69, 9.17) is 4.74 Å². The molecule has 1 amide bonds. The normalized spacial score (nSPS) is 11.5. The predicted molar refractivity (Wildman–Crippen MR) is 109 cm³/mol. The number of rotatable bonds is 5. The molecule has 29 heavy (non-hydrogen) atoms. The average Bonchev–Trinajstić information content (AvgIpc) is 2.72. The number of phenolic OH excluding ortho intramolecular Hbond substituents is 2. The molecular weight excluding hydrogens is 370 g/mol. The number of aryl methyl sites for hydroxylation is 2. The summed E-state index contributed by atoms with van der Waals surface area (Å²) in [5.74, 6) is -2.45. The Bertz CT molecular complexity index is 1030. The zero-order valence-corrected chi connectivity index (χ0v) is 16.0. The second-order valence-electron chi connectivity index (χ2n) is 6.68. The van der Waals surface area contributed by atoms with Crippen molar-refractivity contribution < 1.29 is 24.5 Å². The van der Waals surface area contributed by atoms with Crippen LogP contribution in [0.5, 0.6) is 11.5 Å². The van der Waals surface area contributed by atoms with Gasteiger partial charge in [-0.25, -0.2) is 4.79 Å². The minimum absolute atomic E-state index is 0.225. The number of anilines is 1. The highest BCUT2D eigenvalue weighted by Crippen LogP contribution is 2.33. The summed E-state index contributed by atoms with van der Waals surface area (Å²) >= 11 is 0. The van der Waals surface area contributed by atoms with Gasteiger partial charge in [0.2, 0.25) is 6.10 Å². The van der Waals surface area contributed by atoms with Crippen molar-refractivity contribution >= 4 is 17.6 Å². The molecule has 0 aromatic heterocycles. The lowest BCUT2D eigenvalue weighted by Gasteiger charge is -2.19. The molecule has 0 aliphatic rings. The summed E-state index contributed by atoms with van der Waals surface area (Å²) in [7, 11) is 0. The van der Waals surface area contributed by atoms with Crippen molar-refractivity contribution in [2.75, 3.05) is 5.32 Å². The highest BCUT2D eigenvalue weighted by atomic mass is 16.5. The maximum absolute atomic E-state index is 12.9. The van der Waals surface area contributed by atoms with Crippen molar-refractivity contribution in [1.29, 1.82) is 0 Å². The van der Waals surface area contributed by atoms with Crippen molar-refractivity contribution in [1.82, 2.24) is 0 Å². The molecule has 3 N–H and O–H groups in total. The van der Waals surface area contributed by atoms with Gasteiger partial charge in [0, 0.05) is 11.3 Å². The summed E-state index contributed by atoms with van der Waals surface area (Å²) in [5.41, 5.74) is 2.27. The fourth-order valence-corrected chi connectivity index (χ4v) is 2.76. The second-order valence-corrected chi connectivity index (χ2v) is 6.68. The van der Waals surface area contributed by atoms with Gasteiger partial charge in [-0.05, 0) is 37.6 Å². The van der Waals surface area contributed by atoms with E-state index in [-0.39, 0.29) is 5.56 Å². The van der Waals surface area contributed by atoms with Gasteiger partial charge in [0.25, 0.3) is 5.91 Å². The minimum Gasteiger partial charge on any atom is -0.504 e. The van der Waals surface area contributed by atoms with E-state index in [2.05, 4.69) is 5.32 Å². The van der Waals surface area contributed by atoms with E-state index < -0.39 is 29.5 Å². The minimum atomic E-state index is -1.24. The molecule has 3 rings (SSSR count). The maximum Gasteiger partial charge on any atom is 0.343 e. The Balaban J connectivity index is 1.88. The Kier molecular flexibility index (Phi) is 5.83. The largest absolute Gasteiger partial charge is 0.504 e. The lowest BCUT2D eigenvalue weighted by atomic mass is 10.1. The Morgan fingerprint density at radius 2 is 1.52 bits per heavy atom. The maximum atomic E-state index is 12.9. The third-order valence-corrected chi connectivity index (χ3v) is 4.46. The predicted octanol–water partition coefficient (Wildman–Crippen LogP) is 4.25. The lowest BCUT2D eigenvalue weighted by molar-refractivity contribution is -0.125. The van der Waals surface area contributed by atoms with Crippen LogP contribution in [0, 0.1) is 13.8 Å². The zero-order chi connectivity index (χ0) is 21.0. The van der Waals surface area contributed by atoms with Gasteiger partial charge in [-0.2, -0.15) is 0 Å². The highest BCUT2D eigenvalue weighted by Gasteiger charge is 2.27. The van der Waals surface area contributed by atoms with Crippen LogP contribution in [0.25, 0.3) is 0 Å². The number of nitrogens with one attached hydrogen (secondary N) is 1. The molecule has 0 fully saturated rings. The van der Waals surface area contributed by atoms with Gasteiger partial charge >= 0.3 is 5.97 Å². The third kappa shape index (κ3) is 4.55. The Hall–Kier alpha value is -3.80. The number of carbonyl (C=O) groups is 2. The van der Waals surface area contributed by atoms with Crippen molar-refractivity contribution in [3.05, 3.63) is 89.0 Å². The number of ether oxygens (including phenoxy) is 1. The van der Waals surface area contributed by atoms with E-state index in [9.17, 15) is 19.8 Å². The number of hydrogen-bond donors (Lipinski definition) is 3. The molecule has 6 heteroatoms. The molecule has 1 atom stereocenters. The van der Waals surface area contributed by atoms with Gasteiger partial charge < -0.3 is 20.3 Å². The molecule has 0 radical (unpaired) electrons. The molecule has 0 spiro atoms. The van der Waals surface area contributed by atoms with Gasteiger partial charge in [0.15, 0.2) is 11.5 Å². The SMILES string of the molecule is Cc1ccc(NC(=O)C(OC(=O)c2ccc(C)c(O)c2O)c2ccccc2)cc1. The molecule has 0 aliphatic carbocycles. The molecule has 0 bridgehead atoms. The molecule has 1 unspecified atom stereocenters. The Labute approximate surface area is 168 Å². The number of aromatic hydroxyl groups is 2. The smallest absolute Gasteiger partial charge is 0.343 e. The van der Waals surface area contributed by atoms with E-state index in [0.29, 0.717) is 16.8 Å². The molecule has 0 heterocycles. The molecule has 148 valence electrons. The number of hydrogen-bond acceptors (Lipinski definition) is 5. The first kappa shape index (κ1) is 19.9. The van der Waals surface area contributed by atoms with Crippen molar-refractivity contribution in [2.45, 2.75) is 20.0 Å². The van der Waals surface area contributed by atoms with Gasteiger partial charge in [-0.15, -0.1) is 0 Å². The van der Waals surface area contributed by atoms with Crippen LogP contribution in [0.15, 0.2) is 66.7 Å². The van der Waals surface area contributed by atoms with E-state index in [1.807, 2.05) is 19.1 Å². The van der Waals surface area contributed by atoms with Crippen molar-refractivity contribution in [3.8, 4) is 11.5 Å². The van der Waals surface area contributed by atoms with Gasteiger partial charge in [-0.3, -0.25) is 4.79 Å². The standard InChI is InChI=1S/C23H21NO5/c1-14-8-11-17(12-9-14)24-22(27)21(16-6-4-3-5-7-16)29-23(28)18-13-10-15(2)19(25)20(18)26/h3-13,21,25-26H,1-2H3,(H,24,27). The summed E-state index contributed by atoms with van der Waals surface area (Å²) in [6.07, 6.45) is -1.24. The van der Waals surface area contributed by atoms with Gasteiger partial charge in [0.05, 0.1) is 0 Å². The zero-order valence-electron chi connectivity index (χ0n) is 16.0. The van der Waals surface area contributed by atoms with E-state index in [1.54, 1.807) is 49.4 Å².